The van der Waals surface area contributed by atoms with E-state index in [1.807, 2.05) is 12.1 Å². The van der Waals surface area contributed by atoms with E-state index in [1.54, 1.807) is 44.8 Å². The maximum absolute atomic E-state index is 12.3. The summed E-state index contributed by atoms with van der Waals surface area (Å²) in [7, 11) is 4.71. The molecule has 162 valence electrons. The lowest BCUT2D eigenvalue weighted by molar-refractivity contribution is -0.116. The molecule has 1 N–H and O–H groups in total. The van der Waals surface area contributed by atoms with Gasteiger partial charge in [-0.1, -0.05) is 0 Å². The van der Waals surface area contributed by atoms with E-state index in [0.29, 0.717) is 29.7 Å². The SMILES string of the molecule is COc1cc(/C=C/C(=O)NCC2CCN(Cc3ccsc3)CC2)cc(OC)c1OC. The number of nitrogens with zero attached hydrogens (tertiary/aromatic N) is 1. The highest BCUT2D eigenvalue weighted by atomic mass is 32.1. The lowest BCUT2D eigenvalue weighted by atomic mass is 9.96. The smallest absolute Gasteiger partial charge is 0.244 e. The number of methoxy groups -OCH3 is 3. The van der Waals surface area contributed by atoms with Gasteiger partial charge in [0.1, 0.15) is 0 Å². The molecule has 1 amide bonds. The van der Waals surface area contributed by atoms with E-state index in [4.69, 9.17) is 14.2 Å². The van der Waals surface area contributed by atoms with Gasteiger partial charge in [0.25, 0.3) is 0 Å². The molecule has 1 aromatic carbocycles. The summed E-state index contributed by atoms with van der Waals surface area (Å²) in [5, 5.41) is 7.38. The van der Waals surface area contributed by atoms with Crippen molar-refractivity contribution in [1.29, 1.82) is 0 Å². The van der Waals surface area contributed by atoms with Crippen molar-refractivity contribution in [3.8, 4) is 17.2 Å². The van der Waals surface area contributed by atoms with E-state index in [2.05, 4.69) is 27.0 Å². The van der Waals surface area contributed by atoms with Crippen LogP contribution < -0.4 is 19.5 Å². The second-order valence-electron chi connectivity index (χ2n) is 7.39. The average Bonchev–Trinajstić information content (AvgIpc) is 3.29. The van der Waals surface area contributed by atoms with Crippen LogP contribution in [0.3, 0.4) is 0 Å². The van der Waals surface area contributed by atoms with Crippen LogP contribution in [0, 0.1) is 5.92 Å². The van der Waals surface area contributed by atoms with E-state index >= 15 is 0 Å². The monoisotopic (exact) mass is 430 g/mol. The number of ether oxygens (including phenoxy) is 3. The van der Waals surface area contributed by atoms with Crippen molar-refractivity contribution in [2.45, 2.75) is 19.4 Å². The first kappa shape index (κ1) is 22.2. The van der Waals surface area contributed by atoms with Gasteiger partial charge in [0.2, 0.25) is 11.7 Å². The summed E-state index contributed by atoms with van der Waals surface area (Å²) < 4.78 is 16.0. The lowest BCUT2D eigenvalue weighted by Gasteiger charge is -2.31. The van der Waals surface area contributed by atoms with Crippen molar-refractivity contribution in [2.75, 3.05) is 41.0 Å². The van der Waals surface area contributed by atoms with Crippen molar-refractivity contribution in [3.63, 3.8) is 0 Å². The van der Waals surface area contributed by atoms with Crippen molar-refractivity contribution >= 4 is 23.3 Å². The Bertz CT molecular complexity index is 818. The molecular weight excluding hydrogens is 400 g/mol. The highest BCUT2D eigenvalue weighted by Gasteiger charge is 2.19. The number of likely N-dealkylation sites (tertiary alicyclic amines) is 1. The molecule has 1 aliphatic rings. The van der Waals surface area contributed by atoms with Crippen LogP contribution in [-0.4, -0.2) is 51.8 Å². The maximum Gasteiger partial charge on any atom is 0.244 e. The minimum Gasteiger partial charge on any atom is -0.493 e. The predicted molar refractivity (Wildman–Crippen MR) is 120 cm³/mol. The first-order valence-corrected chi connectivity index (χ1v) is 11.1. The topological polar surface area (TPSA) is 60.0 Å². The number of amides is 1. The van der Waals surface area contributed by atoms with Crippen LogP contribution in [0.5, 0.6) is 17.2 Å². The Morgan fingerprint density at radius 3 is 2.43 bits per heavy atom. The molecule has 2 aromatic rings. The highest BCUT2D eigenvalue weighted by molar-refractivity contribution is 7.07. The quantitative estimate of drug-likeness (QED) is 0.613. The van der Waals surface area contributed by atoms with Gasteiger partial charge in [0.05, 0.1) is 21.3 Å². The van der Waals surface area contributed by atoms with E-state index in [1.165, 1.54) is 5.56 Å². The van der Waals surface area contributed by atoms with Crippen LogP contribution in [0.4, 0.5) is 0 Å². The van der Waals surface area contributed by atoms with E-state index < -0.39 is 0 Å². The summed E-state index contributed by atoms with van der Waals surface area (Å²) in [5.74, 6) is 2.09. The normalized spacial score (nSPS) is 15.3. The first-order valence-electron chi connectivity index (χ1n) is 10.1. The zero-order valence-electron chi connectivity index (χ0n) is 17.8. The third-order valence-corrected chi connectivity index (χ3v) is 6.10. The summed E-state index contributed by atoms with van der Waals surface area (Å²) in [6.45, 7) is 3.90. The molecule has 30 heavy (non-hydrogen) atoms. The van der Waals surface area contributed by atoms with Crippen LogP contribution in [0.25, 0.3) is 6.08 Å². The summed E-state index contributed by atoms with van der Waals surface area (Å²) in [6, 6.07) is 5.82. The van der Waals surface area contributed by atoms with Gasteiger partial charge in [-0.15, -0.1) is 0 Å². The Morgan fingerprint density at radius 1 is 1.17 bits per heavy atom. The van der Waals surface area contributed by atoms with E-state index in [0.717, 1.165) is 38.0 Å². The van der Waals surface area contributed by atoms with Gasteiger partial charge in [-0.05, 0) is 78.0 Å². The Hall–Kier alpha value is -2.51. The van der Waals surface area contributed by atoms with Gasteiger partial charge in [-0.25, -0.2) is 0 Å². The first-order chi connectivity index (χ1) is 14.6. The molecule has 1 saturated heterocycles. The Kier molecular flexibility index (Phi) is 8.16. The van der Waals surface area contributed by atoms with Gasteiger partial charge < -0.3 is 19.5 Å². The molecule has 0 radical (unpaired) electrons. The molecule has 6 nitrogen and oxygen atoms in total. The number of benzene rings is 1. The number of rotatable bonds is 9. The highest BCUT2D eigenvalue weighted by Crippen LogP contribution is 2.38. The summed E-state index contributed by atoms with van der Waals surface area (Å²) in [4.78, 5) is 14.8. The zero-order chi connectivity index (χ0) is 21.3. The minimum absolute atomic E-state index is 0.0931. The van der Waals surface area contributed by atoms with Crippen LogP contribution in [-0.2, 0) is 11.3 Å². The average molecular weight is 431 g/mol. The van der Waals surface area contributed by atoms with Gasteiger partial charge in [-0.2, -0.15) is 11.3 Å². The lowest BCUT2D eigenvalue weighted by Crippen LogP contribution is -2.37. The standard InChI is InChI=1S/C23H30N2O4S/c1-27-20-12-18(13-21(28-2)23(20)29-3)4-5-22(26)24-14-17-6-9-25(10-7-17)15-19-8-11-30-16-19/h4-5,8,11-13,16-17H,6-7,9-10,14-15H2,1-3H3,(H,24,26)/b5-4+. The maximum atomic E-state index is 12.3. The second-order valence-corrected chi connectivity index (χ2v) is 8.17. The molecule has 7 heteroatoms. The van der Waals surface area contributed by atoms with E-state index in [-0.39, 0.29) is 5.91 Å². The molecule has 0 atom stereocenters. The molecule has 0 aliphatic carbocycles. The number of piperidine rings is 1. The number of carbonyl (C=O) groups is 1. The van der Waals surface area contributed by atoms with Crippen LogP contribution in [0.2, 0.25) is 0 Å². The molecule has 1 aromatic heterocycles. The fourth-order valence-corrected chi connectivity index (χ4v) is 4.32. The van der Waals surface area contributed by atoms with Gasteiger partial charge >= 0.3 is 0 Å². The van der Waals surface area contributed by atoms with Crippen molar-refractivity contribution in [2.24, 2.45) is 5.92 Å². The van der Waals surface area contributed by atoms with Gasteiger partial charge in [0, 0.05) is 19.2 Å². The van der Waals surface area contributed by atoms with Crippen LogP contribution >= 0.6 is 11.3 Å². The molecule has 0 saturated carbocycles. The van der Waals surface area contributed by atoms with Crippen molar-refractivity contribution < 1.29 is 19.0 Å². The fraction of sp³-hybridized carbons (Fsp3) is 0.435. The second kappa shape index (κ2) is 11.0. The summed E-state index contributed by atoms with van der Waals surface area (Å²) in [5.41, 5.74) is 2.20. The largest absolute Gasteiger partial charge is 0.493 e. The number of nitrogens with one attached hydrogen (secondary N) is 1. The predicted octanol–water partition coefficient (Wildman–Crippen LogP) is 3.82. The fourth-order valence-electron chi connectivity index (χ4n) is 3.66. The third kappa shape index (κ3) is 6.00. The van der Waals surface area contributed by atoms with Gasteiger partial charge in [-0.3, -0.25) is 9.69 Å². The van der Waals surface area contributed by atoms with Crippen LogP contribution in [0.1, 0.15) is 24.0 Å². The van der Waals surface area contributed by atoms with Crippen molar-refractivity contribution in [1.82, 2.24) is 10.2 Å². The Balaban J connectivity index is 1.46. The minimum atomic E-state index is -0.0931. The van der Waals surface area contributed by atoms with E-state index in [9.17, 15) is 4.79 Å². The van der Waals surface area contributed by atoms with Crippen LogP contribution in [0.15, 0.2) is 35.0 Å². The molecule has 1 fully saturated rings. The summed E-state index contributed by atoms with van der Waals surface area (Å²) >= 11 is 1.75. The third-order valence-electron chi connectivity index (χ3n) is 5.37. The van der Waals surface area contributed by atoms with Crippen molar-refractivity contribution in [3.05, 3.63) is 46.2 Å². The molecule has 1 aliphatic heterocycles. The Morgan fingerprint density at radius 2 is 1.87 bits per heavy atom. The molecule has 0 bridgehead atoms. The number of hydrogen-bond acceptors (Lipinski definition) is 6. The molecule has 0 spiro atoms. The summed E-state index contributed by atoms with van der Waals surface area (Å²) in [6.07, 6.45) is 5.53. The Labute approximate surface area is 182 Å². The molecule has 0 unspecified atom stereocenters. The number of carbonyl (C=O) groups excluding carboxylic acids is 1. The molecular formula is C23H30N2O4S. The van der Waals surface area contributed by atoms with Gasteiger partial charge in [0.15, 0.2) is 11.5 Å². The number of hydrogen-bond donors (Lipinski definition) is 1. The molecule has 3 rings (SSSR count). The molecule has 2 heterocycles. The number of thiophene rings is 1. The zero-order valence-corrected chi connectivity index (χ0v) is 18.7.